The summed E-state index contributed by atoms with van der Waals surface area (Å²) in [5.74, 6) is -1.47. The maximum Gasteiger partial charge on any atom is 0.326 e. The van der Waals surface area contributed by atoms with E-state index in [0.29, 0.717) is 18.7 Å². The van der Waals surface area contributed by atoms with Gasteiger partial charge >= 0.3 is 12.0 Å². The van der Waals surface area contributed by atoms with E-state index in [1.54, 1.807) is 0 Å². The zero-order valence-corrected chi connectivity index (χ0v) is 10.5. The number of halogens is 1. The first-order valence-electron chi connectivity index (χ1n) is 6.05. The van der Waals surface area contributed by atoms with Crippen molar-refractivity contribution in [3.8, 4) is 0 Å². The molecule has 6 heteroatoms. The number of nitrogens with zero attached hydrogens (tertiary/aromatic N) is 1. The molecule has 0 radical (unpaired) electrons. The van der Waals surface area contributed by atoms with Crippen LogP contribution < -0.4 is 5.32 Å². The van der Waals surface area contributed by atoms with Gasteiger partial charge in [0.05, 0.1) is 0 Å². The summed E-state index contributed by atoms with van der Waals surface area (Å²) >= 11 is 0. The van der Waals surface area contributed by atoms with E-state index < -0.39 is 23.9 Å². The molecule has 0 aromatic heterocycles. The van der Waals surface area contributed by atoms with Crippen LogP contribution in [0.5, 0.6) is 0 Å². The molecular formula is C13H15FN2O3. The number of carboxylic acid groups (broad SMARTS) is 1. The molecule has 0 bridgehead atoms. The van der Waals surface area contributed by atoms with Gasteiger partial charge in [0.1, 0.15) is 11.9 Å². The number of carboxylic acids is 1. The second kappa shape index (κ2) is 5.26. The van der Waals surface area contributed by atoms with Crippen molar-refractivity contribution in [3.05, 3.63) is 30.1 Å². The molecule has 1 aromatic carbocycles. The average molecular weight is 266 g/mol. The Morgan fingerprint density at radius 3 is 2.58 bits per heavy atom. The average Bonchev–Trinajstić information content (AvgIpc) is 2.74. The summed E-state index contributed by atoms with van der Waals surface area (Å²) in [5, 5.41) is 11.7. The van der Waals surface area contributed by atoms with Crippen LogP contribution in [0.4, 0.5) is 14.9 Å². The van der Waals surface area contributed by atoms with Crippen LogP contribution >= 0.6 is 0 Å². The Bertz CT molecular complexity index is 489. The molecule has 0 spiro atoms. The van der Waals surface area contributed by atoms with Crippen LogP contribution in [0, 0.1) is 11.7 Å². The van der Waals surface area contributed by atoms with Crippen LogP contribution in [0.2, 0.25) is 0 Å². The molecule has 102 valence electrons. The molecule has 1 fully saturated rings. The predicted octanol–water partition coefficient (Wildman–Crippen LogP) is 2.15. The van der Waals surface area contributed by atoms with E-state index in [4.69, 9.17) is 5.11 Å². The number of hydrogen-bond acceptors (Lipinski definition) is 2. The van der Waals surface area contributed by atoms with E-state index in [2.05, 4.69) is 5.32 Å². The molecule has 1 saturated heterocycles. The number of anilines is 1. The van der Waals surface area contributed by atoms with Gasteiger partial charge in [0.15, 0.2) is 0 Å². The highest BCUT2D eigenvalue weighted by Crippen LogP contribution is 2.25. The predicted molar refractivity (Wildman–Crippen MR) is 67.3 cm³/mol. The summed E-state index contributed by atoms with van der Waals surface area (Å²) in [4.78, 5) is 24.5. The highest BCUT2D eigenvalue weighted by atomic mass is 19.1. The molecule has 1 aromatic rings. The van der Waals surface area contributed by atoms with Gasteiger partial charge in [0.2, 0.25) is 0 Å². The molecular weight excluding hydrogens is 251 g/mol. The Hall–Kier alpha value is -2.11. The molecule has 0 aliphatic carbocycles. The molecule has 1 heterocycles. The van der Waals surface area contributed by atoms with E-state index in [9.17, 15) is 14.0 Å². The second-order valence-electron chi connectivity index (χ2n) is 4.68. The number of hydrogen-bond donors (Lipinski definition) is 2. The number of carbonyl (C=O) groups is 2. The maximum absolute atomic E-state index is 12.7. The van der Waals surface area contributed by atoms with E-state index >= 15 is 0 Å². The van der Waals surface area contributed by atoms with Crippen molar-refractivity contribution in [2.24, 2.45) is 5.92 Å². The zero-order valence-electron chi connectivity index (χ0n) is 10.5. The third-order valence-corrected chi connectivity index (χ3v) is 3.31. The van der Waals surface area contributed by atoms with Gasteiger partial charge in [-0.15, -0.1) is 0 Å². The number of carbonyl (C=O) groups excluding carboxylic acids is 1. The molecule has 1 aliphatic rings. The maximum atomic E-state index is 12.7. The van der Waals surface area contributed by atoms with Crippen LogP contribution in [0.25, 0.3) is 0 Å². The van der Waals surface area contributed by atoms with Gasteiger partial charge in [-0.05, 0) is 36.6 Å². The minimum absolute atomic E-state index is 0.0727. The first-order chi connectivity index (χ1) is 8.99. The van der Waals surface area contributed by atoms with Crippen LogP contribution in [-0.4, -0.2) is 34.6 Å². The topological polar surface area (TPSA) is 69.6 Å². The van der Waals surface area contributed by atoms with Gasteiger partial charge in [-0.3, -0.25) is 0 Å². The number of aliphatic carboxylic acids is 1. The Kier molecular flexibility index (Phi) is 3.69. The zero-order chi connectivity index (χ0) is 14.0. The molecule has 5 nitrogen and oxygen atoms in total. The van der Waals surface area contributed by atoms with Crippen LogP contribution in [0.15, 0.2) is 24.3 Å². The lowest BCUT2D eigenvalue weighted by atomic mass is 10.0. The minimum atomic E-state index is -1.00. The number of urea groups is 1. The molecule has 2 unspecified atom stereocenters. The first kappa shape index (κ1) is 13.3. The molecule has 19 heavy (non-hydrogen) atoms. The van der Waals surface area contributed by atoms with Crippen molar-refractivity contribution in [1.82, 2.24) is 4.90 Å². The Balaban J connectivity index is 2.07. The molecule has 2 N–H and O–H groups in total. The Labute approximate surface area is 110 Å². The number of nitrogens with one attached hydrogen (secondary N) is 1. The van der Waals surface area contributed by atoms with Gasteiger partial charge in [-0.1, -0.05) is 6.92 Å². The van der Waals surface area contributed by atoms with Crippen molar-refractivity contribution in [2.75, 3.05) is 11.9 Å². The number of amides is 2. The SMILES string of the molecule is CC1CCN(C(=O)Nc2ccc(F)cc2)C1C(=O)O. The number of likely N-dealkylation sites (tertiary alicyclic amines) is 1. The van der Waals surface area contributed by atoms with Crippen molar-refractivity contribution in [1.29, 1.82) is 0 Å². The third-order valence-electron chi connectivity index (χ3n) is 3.31. The first-order valence-corrected chi connectivity index (χ1v) is 6.05. The van der Waals surface area contributed by atoms with Crippen LogP contribution in [0.1, 0.15) is 13.3 Å². The van der Waals surface area contributed by atoms with Gasteiger partial charge in [-0.2, -0.15) is 0 Å². The van der Waals surface area contributed by atoms with E-state index in [1.165, 1.54) is 29.2 Å². The Morgan fingerprint density at radius 1 is 1.37 bits per heavy atom. The summed E-state index contributed by atoms with van der Waals surface area (Å²) in [6, 6.07) is 4.06. The highest BCUT2D eigenvalue weighted by molar-refractivity contribution is 5.92. The smallest absolute Gasteiger partial charge is 0.326 e. The molecule has 2 rings (SSSR count). The molecule has 2 atom stereocenters. The largest absolute Gasteiger partial charge is 0.480 e. The molecule has 1 aliphatic heterocycles. The minimum Gasteiger partial charge on any atom is -0.480 e. The fourth-order valence-electron chi connectivity index (χ4n) is 2.28. The summed E-state index contributed by atoms with van der Waals surface area (Å²) < 4.78 is 12.7. The third kappa shape index (κ3) is 2.83. The number of rotatable bonds is 2. The molecule has 0 saturated carbocycles. The quantitative estimate of drug-likeness (QED) is 0.861. The summed E-state index contributed by atoms with van der Waals surface area (Å²) in [6.45, 7) is 2.22. The van der Waals surface area contributed by atoms with E-state index in [0.717, 1.165) is 0 Å². The highest BCUT2D eigenvalue weighted by Gasteiger charge is 2.39. The van der Waals surface area contributed by atoms with E-state index in [-0.39, 0.29) is 5.92 Å². The van der Waals surface area contributed by atoms with Gasteiger partial charge < -0.3 is 15.3 Å². The lowest BCUT2D eigenvalue weighted by molar-refractivity contribution is -0.142. The van der Waals surface area contributed by atoms with Crippen molar-refractivity contribution in [2.45, 2.75) is 19.4 Å². The van der Waals surface area contributed by atoms with Gasteiger partial charge in [0, 0.05) is 12.2 Å². The fourth-order valence-corrected chi connectivity index (χ4v) is 2.28. The van der Waals surface area contributed by atoms with Crippen molar-refractivity contribution < 1.29 is 19.1 Å². The molecule has 2 amide bonds. The summed E-state index contributed by atoms with van der Waals surface area (Å²) in [6.07, 6.45) is 0.661. The standard InChI is InChI=1S/C13H15FN2O3/c1-8-6-7-16(11(8)12(17)18)13(19)15-10-4-2-9(14)3-5-10/h2-5,8,11H,6-7H2,1H3,(H,15,19)(H,17,18). The lowest BCUT2D eigenvalue weighted by Gasteiger charge is -2.23. The van der Waals surface area contributed by atoms with Gasteiger partial charge in [0.25, 0.3) is 0 Å². The second-order valence-corrected chi connectivity index (χ2v) is 4.68. The van der Waals surface area contributed by atoms with Crippen LogP contribution in [0.3, 0.4) is 0 Å². The number of benzene rings is 1. The van der Waals surface area contributed by atoms with Crippen LogP contribution in [-0.2, 0) is 4.79 Å². The van der Waals surface area contributed by atoms with Crippen molar-refractivity contribution in [3.63, 3.8) is 0 Å². The Morgan fingerprint density at radius 2 is 2.00 bits per heavy atom. The lowest BCUT2D eigenvalue weighted by Crippen LogP contribution is -2.44. The van der Waals surface area contributed by atoms with Gasteiger partial charge in [-0.25, -0.2) is 14.0 Å². The fraction of sp³-hybridized carbons (Fsp3) is 0.385. The van der Waals surface area contributed by atoms with E-state index in [1.807, 2.05) is 6.92 Å². The normalized spacial score (nSPS) is 22.3. The monoisotopic (exact) mass is 266 g/mol. The van der Waals surface area contributed by atoms with Crippen molar-refractivity contribution >= 4 is 17.7 Å². The summed E-state index contributed by atoms with van der Waals surface area (Å²) in [5.41, 5.74) is 0.440. The summed E-state index contributed by atoms with van der Waals surface area (Å²) in [7, 11) is 0.